The van der Waals surface area contributed by atoms with Crippen molar-refractivity contribution in [1.29, 1.82) is 0 Å². The highest BCUT2D eigenvalue weighted by atomic mass is 14.1. The Morgan fingerprint density at radius 3 is 2.73 bits per heavy atom. The molecule has 0 unspecified atom stereocenters. The van der Waals surface area contributed by atoms with Crippen molar-refractivity contribution in [3.63, 3.8) is 0 Å². The third kappa shape index (κ3) is 2.23. The highest BCUT2D eigenvalue weighted by Crippen LogP contribution is 2.21. The van der Waals surface area contributed by atoms with Gasteiger partial charge in [-0.3, -0.25) is 0 Å². The molecule has 0 amide bonds. The zero-order chi connectivity index (χ0) is 8.10. The lowest BCUT2D eigenvalue weighted by atomic mass is 10.1. The van der Waals surface area contributed by atoms with E-state index in [9.17, 15) is 0 Å². The van der Waals surface area contributed by atoms with E-state index in [1.807, 2.05) is 12.2 Å². The maximum Gasteiger partial charge on any atom is -0.00550 e. The first-order chi connectivity index (χ1) is 5.36. The molecule has 0 fully saturated rings. The molecule has 0 aromatic heterocycles. The largest absolute Gasteiger partial charge is 0.103 e. The van der Waals surface area contributed by atoms with E-state index in [1.165, 1.54) is 11.1 Å². The predicted molar refractivity (Wildman–Crippen MR) is 49.1 cm³/mol. The Kier molecular flexibility index (Phi) is 2.91. The molecule has 0 saturated heterocycles. The van der Waals surface area contributed by atoms with Crippen LogP contribution < -0.4 is 0 Å². The van der Waals surface area contributed by atoms with Crippen molar-refractivity contribution in [2.45, 2.75) is 19.3 Å². The summed E-state index contributed by atoms with van der Waals surface area (Å²) in [5, 5.41) is 0. The zero-order valence-corrected chi connectivity index (χ0v) is 6.77. The van der Waals surface area contributed by atoms with Crippen LogP contribution in [0, 0.1) is 6.08 Å². The Morgan fingerprint density at radius 1 is 1.36 bits per heavy atom. The highest BCUT2D eigenvalue weighted by Gasteiger charge is 2.03. The SMILES string of the molecule is C=CCC1=[C]CC(CC=C)=C1. The van der Waals surface area contributed by atoms with Crippen LogP contribution in [0.15, 0.2) is 42.5 Å². The minimum atomic E-state index is 0.945. The van der Waals surface area contributed by atoms with Gasteiger partial charge in [-0.05, 0) is 30.9 Å². The first kappa shape index (κ1) is 8.06. The third-order valence-electron chi connectivity index (χ3n) is 1.69. The van der Waals surface area contributed by atoms with E-state index in [0.29, 0.717) is 0 Å². The minimum Gasteiger partial charge on any atom is -0.103 e. The second-order valence-electron chi connectivity index (χ2n) is 2.67. The maximum absolute atomic E-state index is 3.70. The van der Waals surface area contributed by atoms with Crippen LogP contribution in [-0.4, -0.2) is 0 Å². The summed E-state index contributed by atoms with van der Waals surface area (Å²) in [5.41, 5.74) is 2.69. The lowest BCUT2D eigenvalue weighted by molar-refractivity contribution is 1.12. The van der Waals surface area contributed by atoms with Crippen LogP contribution in [0.3, 0.4) is 0 Å². The topological polar surface area (TPSA) is 0 Å². The molecule has 57 valence electrons. The molecule has 0 atom stereocenters. The van der Waals surface area contributed by atoms with E-state index in [1.54, 1.807) is 0 Å². The van der Waals surface area contributed by atoms with Gasteiger partial charge in [0.15, 0.2) is 0 Å². The van der Waals surface area contributed by atoms with Crippen LogP contribution >= 0.6 is 0 Å². The number of rotatable bonds is 4. The normalized spacial score (nSPS) is 15.6. The standard InChI is InChI=1S/C11H13/c1-3-5-10-7-8-11(9-10)6-4-2/h3-4,9H,1-2,5-7H2. The Morgan fingerprint density at radius 2 is 2.09 bits per heavy atom. The van der Waals surface area contributed by atoms with Crippen LogP contribution in [0.25, 0.3) is 0 Å². The molecule has 0 aromatic carbocycles. The second kappa shape index (κ2) is 3.97. The Balaban J connectivity index is 2.48. The van der Waals surface area contributed by atoms with Gasteiger partial charge in [-0.15, -0.1) is 13.2 Å². The van der Waals surface area contributed by atoms with Gasteiger partial charge >= 0.3 is 0 Å². The molecule has 0 N–H and O–H groups in total. The van der Waals surface area contributed by atoms with Crippen molar-refractivity contribution in [3.8, 4) is 0 Å². The van der Waals surface area contributed by atoms with E-state index in [2.05, 4.69) is 25.3 Å². The highest BCUT2D eigenvalue weighted by molar-refractivity contribution is 5.31. The van der Waals surface area contributed by atoms with Crippen LogP contribution in [0.1, 0.15) is 19.3 Å². The molecule has 0 nitrogen and oxygen atoms in total. The number of hydrogen-bond acceptors (Lipinski definition) is 0. The minimum absolute atomic E-state index is 0.945. The van der Waals surface area contributed by atoms with E-state index < -0.39 is 0 Å². The van der Waals surface area contributed by atoms with Crippen LogP contribution in [0.4, 0.5) is 0 Å². The van der Waals surface area contributed by atoms with Gasteiger partial charge in [0.1, 0.15) is 0 Å². The summed E-state index contributed by atoms with van der Waals surface area (Å²) in [7, 11) is 0. The van der Waals surface area contributed by atoms with Crippen molar-refractivity contribution >= 4 is 0 Å². The van der Waals surface area contributed by atoms with Crippen LogP contribution in [0.5, 0.6) is 0 Å². The predicted octanol–water partition coefficient (Wildman–Crippen LogP) is 3.20. The molecule has 0 bridgehead atoms. The summed E-state index contributed by atoms with van der Waals surface area (Å²) < 4.78 is 0. The zero-order valence-electron chi connectivity index (χ0n) is 6.77. The quantitative estimate of drug-likeness (QED) is 0.533. The van der Waals surface area contributed by atoms with Gasteiger partial charge in [0, 0.05) is 0 Å². The molecule has 0 heterocycles. The van der Waals surface area contributed by atoms with Gasteiger partial charge in [0.05, 0.1) is 0 Å². The summed E-state index contributed by atoms with van der Waals surface area (Å²) in [5.74, 6) is 0. The first-order valence-corrected chi connectivity index (χ1v) is 3.87. The van der Waals surface area contributed by atoms with E-state index in [4.69, 9.17) is 0 Å². The van der Waals surface area contributed by atoms with Crippen molar-refractivity contribution in [2.24, 2.45) is 0 Å². The maximum atomic E-state index is 3.70. The van der Waals surface area contributed by atoms with Gasteiger partial charge in [-0.2, -0.15) is 0 Å². The van der Waals surface area contributed by atoms with Crippen molar-refractivity contribution in [2.75, 3.05) is 0 Å². The molecule has 1 rings (SSSR count). The third-order valence-corrected chi connectivity index (χ3v) is 1.69. The lowest BCUT2D eigenvalue weighted by Crippen LogP contribution is -1.72. The second-order valence-corrected chi connectivity index (χ2v) is 2.67. The molecule has 0 spiro atoms. The Hall–Kier alpha value is -1.04. The first-order valence-electron chi connectivity index (χ1n) is 3.87. The summed E-state index contributed by atoms with van der Waals surface area (Å²) in [4.78, 5) is 0. The van der Waals surface area contributed by atoms with E-state index in [0.717, 1.165) is 19.3 Å². The molecular formula is C11H13. The number of hydrogen-bond donors (Lipinski definition) is 0. The van der Waals surface area contributed by atoms with E-state index >= 15 is 0 Å². The van der Waals surface area contributed by atoms with Gasteiger partial charge in [0.25, 0.3) is 0 Å². The Bertz CT molecular complexity index is 216. The molecule has 1 aliphatic carbocycles. The molecule has 1 aliphatic rings. The summed E-state index contributed by atoms with van der Waals surface area (Å²) >= 11 is 0. The smallest absolute Gasteiger partial charge is 0.00550 e. The number of allylic oxidation sites excluding steroid dienone is 6. The fraction of sp³-hybridized carbons (Fsp3) is 0.273. The molecule has 11 heavy (non-hydrogen) atoms. The average Bonchev–Trinajstić information content (AvgIpc) is 2.38. The van der Waals surface area contributed by atoms with E-state index in [-0.39, 0.29) is 0 Å². The lowest BCUT2D eigenvalue weighted by Gasteiger charge is -1.92. The average molecular weight is 145 g/mol. The fourth-order valence-electron chi connectivity index (χ4n) is 1.18. The summed E-state index contributed by atoms with van der Waals surface area (Å²) in [6, 6.07) is 0. The van der Waals surface area contributed by atoms with Crippen LogP contribution in [-0.2, 0) is 0 Å². The fourth-order valence-corrected chi connectivity index (χ4v) is 1.18. The molecule has 0 heteroatoms. The van der Waals surface area contributed by atoms with Crippen molar-refractivity contribution in [1.82, 2.24) is 0 Å². The Labute approximate surface area is 68.6 Å². The van der Waals surface area contributed by atoms with Crippen LogP contribution in [0.2, 0.25) is 0 Å². The van der Waals surface area contributed by atoms with Crippen molar-refractivity contribution < 1.29 is 0 Å². The van der Waals surface area contributed by atoms with Gasteiger partial charge in [0.2, 0.25) is 0 Å². The summed E-state index contributed by atoms with van der Waals surface area (Å²) in [6.45, 7) is 7.38. The van der Waals surface area contributed by atoms with Gasteiger partial charge in [-0.1, -0.05) is 23.8 Å². The van der Waals surface area contributed by atoms with Gasteiger partial charge < -0.3 is 0 Å². The summed E-state index contributed by atoms with van der Waals surface area (Å²) in [6.07, 6.45) is 12.3. The molecule has 1 radical (unpaired) electrons. The molecule has 0 aromatic rings. The van der Waals surface area contributed by atoms with Gasteiger partial charge in [-0.25, -0.2) is 0 Å². The molecule has 0 aliphatic heterocycles. The van der Waals surface area contributed by atoms with Crippen molar-refractivity contribution in [3.05, 3.63) is 48.6 Å². The molecule has 0 saturated carbocycles. The molecular weight excluding hydrogens is 132 g/mol. The monoisotopic (exact) mass is 145 g/mol.